The van der Waals surface area contributed by atoms with Crippen LogP contribution in [0.25, 0.3) is 10.9 Å². The van der Waals surface area contributed by atoms with Crippen LogP contribution >= 0.6 is 0 Å². The molecule has 0 bridgehead atoms. The molecule has 0 radical (unpaired) electrons. The average molecular weight is 552 g/mol. The van der Waals surface area contributed by atoms with Crippen LogP contribution in [0.5, 0.6) is 5.75 Å². The number of hydrogen-bond acceptors (Lipinski definition) is 7. The molecule has 4 atom stereocenters. The highest BCUT2D eigenvalue weighted by molar-refractivity contribution is 6.05. The van der Waals surface area contributed by atoms with E-state index >= 15 is 0 Å². The summed E-state index contributed by atoms with van der Waals surface area (Å²) in [6.07, 6.45) is 5.72. The standard InChI is InChI=1S/C29H31F2N5O4/c1-17(37)28-21-14-20(40-16-26-32-9-4-10-33-26)6-7-22(21)35(34-28)15-27(39)36-23-11-18(23)12-24(36)25(38)13-19-5-2-3-8-29(19,30)31/h4,6-7,9-10,14,18-19,23-24H,2-3,5,8,11-13,15-16H2,1H3/t18-,19?,23-,24+/m1/s1. The van der Waals surface area contributed by atoms with Crippen LogP contribution < -0.4 is 4.74 Å². The van der Waals surface area contributed by atoms with Gasteiger partial charge in [-0.25, -0.2) is 18.7 Å². The summed E-state index contributed by atoms with van der Waals surface area (Å²) in [7, 11) is 0. The molecular formula is C29H31F2N5O4. The van der Waals surface area contributed by atoms with E-state index in [0.29, 0.717) is 48.2 Å². The Hall–Kier alpha value is -3.76. The highest BCUT2D eigenvalue weighted by Crippen LogP contribution is 2.49. The number of ketones is 2. The lowest BCUT2D eigenvalue weighted by Gasteiger charge is -2.33. The fraction of sp³-hybridized carbons (Fsp3) is 0.517. The molecule has 3 fully saturated rings. The molecule has 11 heteroatoms. The first-order valence-electron chi connectivity index (χ1n) is 13.8. The molecule has 1 aromatic carbocycles. The molecule has 2 aliphatic carbocycles. The first kappa shape index (κ1) is 26.5. The van der Waals surface area contributed by atoms with Gasteiger partial charge in [0.05, 0.1) is 11.6 Å². The van der Waals surface area contributed by atoms with Crippen molar-refractivity contribution in [1.82, 2.24) is 24.6 Å². The number of carbonyl (C=O) groups excluding carboxylic acids is 3. The molecule has 2 saturated carbocycles. The largest absolute Gasteiger partial charge is 0.486 e. The Morgan fingerprint density at radius 3 is 2.67 bits per heavy atom. The van der Waals surface area contributed by atoms with Gasteiger partial charge in [0.15, 0.2) is 17.4 Å². The van der Waals surface area contributed by atoms with Crippen LogP contribution in [0.3, 0.4) is 0 Å². The number of aromatic nitrogens is 4. The molecule has 2 aromatic heterocycles. The highest BCUT2D eigenvalue weighted by atomic mass is 19.3. The minimum Gasteiger partial charge on any atom is -0.486 e. The molecule has 6 rings (SSSR count). The van der Waals surface area contributed by atoms with Crippen LogP contribution in [0.4, 0.5) is 8.78 Å². The van der Waals surface area contributed by atoms with Crippen LogP contribution in [0.2, 0.25) is 0 Å². The zero-order valence-electron chi connectivity index (χ0n) is 22.3. The minimum atomic E-state index is -2.84. The fourth-order valence-corrected chi connectivity index (χ4v) is 6.29. The van der Waals surface area contributed by atoms with Gasteiger partial charge in [0.2, 0.25) is 5.91 Å². The summed E-state index contributed by atoms with van der Waals surface area (Å²) in [5.41, 5.74) is 0.792. The van der Waals surface area contributed by atoms with Crippen LogP contribution in [0.1, 0.15) is 68.2 Å². The molecule has 3 heterocycles. The molecule has 3 aliphatic rings. The molecule has 1 aliphatic heterocycles. The molecule has 0 N–H and O–H groups in total. The predicted octanol–water partition coefficient (Wildman–Crippen LogP) is 4.38. The summed E-state index contributed by atoms with van der Waals surface area (Å²) in [6, 6.07) is 6.16. The number of ether oxygens (including phenoxy) is 1. The Morgan fingerprint density at radius 1 is 1.12 bits per heavy atom. The highest BCUT2D eigenvalue weighted by Gasteiger charge is 2.56. The summed E-state index contributed by atoms with van der Waals surface area (Å²) < 4.78 is 36.2. The average Bonchev–Trinajstić information content (AvgIpc) is 3.44. The maximum atomic E-state index is 14.4. The Kier molecular flexibility index (Phi) is 6.83. The number of carbonyl (C=O) groups is 3. The van der Waals surface area contributed by atoms with Gasteiger partial charge in [0, 0.05) is 49.5 Å². The molecule has 0 spiro atoms. The second-order valence-electron chi connectivity index (χ2n) is 11.2. The van der Waals surface area contributed by atoms with Crippen molar-refractivity contribution in [3.05, 3.63) is 48.2 Å². The SMILES string of the molecule is CC(=O)c1nn(CC(=O)N2[C@@H]3C[C@@H]3C[C@H]2C(=O)CC2CCCCC2(F)F)c2ccc(OCc3ncccn3)cc12. The van der Waals surface area contributed by atoms with E-state index in [1.54, 1.807) is 41.6 Å². The van der Waals surface area contributed by atoms with E-state index in [-0.39, 0.29) is 61.1 Å². The number of rotatable bonds is 9. The van der Waals surface area contributed by atoms with E-state index in [1.807, 2.05) is 0 Å². The minimum absolute atomic E-state index is 0.0392. The van der Waals surface area contributed by atoms with E-state index in [4.69, 9.17) is 4.74 Å². The van der Waals surface area contributed by atoms with Gasteiger partial charge in [-0.1, -0.05) is 6.42 Å². The quantitative estimate of drug-likeness (QED) is 0.363. The number of nitrogens with zero attached hydrogens (tertiary/aromatic N) is 5. The molecule has 3 aromatic rings. The summed E-state index contributed by atoms with van der Waals surface area (Å²) in [4.78, 5) is 49.1. The molecule has 1 unspecified atom stereocenters. The van der Waals surface area contributed by atoms with E-state index in [0.717, 1.165) is 6.42 Å². The van der Waals surface area contributed by atoms with Crippen molar-refractivity contribution < 1.29 is 27.9 Å². The molecule has 40 heavy (non-hydrogen) atoms. The number of piperidine rings is 1. The maximum Gasteiger partial charge on any atom is 0.251 e. The van der Waals surface area contributed by atoms with Crippen molar-refractivity contribution in [2.45, 2.75) is 83.0 Å². The lowest BCUT2D eigenvalue weighted by Crippen LogP contribution is -2.46. The maximum absolute atomic E-state index is 14.4. The molecule has 1 amide bonds. The van der Waals surface area contributed by atoms with Gasteiger partial charge in [0.1, 0.15) is 24.6 Å². The van der Waals surface area contributed by atoms with Crippen molar-refractivity contribution in [2.24, 2.45) is 11.8 Å². The predicted molar refractivity (Wildman–Crippen MR) is 140 cm³/mol. The summed E-state index contributed by atoms with van der Waals surface area (Å²) in [6.45, 7) is 1.40. The Morgan fingerprint density at radius 2 is 1.93 bits per heavy atom. The molecule has 1 saturated heterocycles. The van der Waals surface area contributed by atoms with Crippen molar-refractivity contribution in [2.75, 3.05) is 0 Å². The zero-order chi connectivity index (χ0) is 28.0. The normalized spacial score (nSPS) is 25.0. The molecule has 9 nitrogen and oxygen atoms in total. The lowest BCUT2D eigenvalue weighted by atomic mass is 9.81. The second kappa shape index (κ2) is 10.3. The van der Waals surface area contributed by atoms with Gasteiger partial charge < -0.3 is 9.64 Å². The topological polar surface area (TPSA) is 107 Å². The van der Waals surface area contributed by atoms with E-state index in [1.165, 1.54) is 11.6 Å². The third-order valence-electron chi connectivity index (χ3n) is 8.45. The Labute approximate surface area is 229 Å². The second-order valence-corrected chi connectivity index (χ2v) is 11.2. The number of fused-ring (bicyclic) bond motifs is 2. The first-order chi connectivity index (χ1) is 19.2. The zero-order valence-corrected chi connectivity index (χ0v) is 22.3. The number of halogens is 2. The van der Waals surface area contributed by atoms with Gasteiger partial charge in [-0.2, -0.15) is 5.10 Å². The fourth-order valence-electron chi connectivity index (χ4n) is 6.29. The molecule has 210 valence electrons. The van der Waals surface area contributed by atoms with Crippen LogP contribution in [0, 0.1) is 11.8 Å². The Balaban J connectivity index is 1.19. The number of likely N-dealkylation sites (tertiary alicyclic amines) is 1. The van der Waals surface area contributed by atoms with Gasteiger partial charge in [-0.3, -0.25) is 19.1 Å². The summed E-state index contributed by atoms with van der Waals surface area (Å²) in [5.74, 6) is -3.37. The van der Waals surface area contributed by atoms with Crippen LogP contribution in [-0.2, 0) is 22.7 Å². The number of Topliss-reactive ketones (excluding diaryl/α,β-unsaturated/α-hetero) is 2. The monoisotopic (exact) mass is 551 g/mol. The van der Waals surface area contributed by atoms with Crippen molar-refractivity contribution in [1.29, 1.82) is 0 Å². The number of alkyl halides is 2. The third-order valence-corrected chi connectivity index (χ3v) is 8.45. The van der Waals surface area contributed by atoms with E-state index < -0.39 is 17.9 Å². The van der Waals surface area contributed by atoms with Crippen molar-refractivity contribution in [3.63, 3.8) is 0 Å². The number of amides is 1. The first-order valence-corrected chi connectivity index (χ1v) is 13.8. The van der Waals surface area contributed by atoms with Gasteiger partial charge >= 0.3 is 0 Å². The van der Waals surface area contributed by atoms with Crippen molar-refractivity contribution in [3.8, 4) is 5.75 Å². The van der Waals surface area contributed by atoms with Crippen molar-refractivity contribution >= 4 is 28.4 Å². The number of benzene rings is 1. The lowest BCUT2D eigenvalue weighted by molar-refractivity contribution is -0.142. The van der Waals surface area contributed by atoms with Crippen LogP contribution in [0.15, 0.2) is 36.7 Å². The van der Waals surface area contributed by atoms with Gasteiger partial charge in [0.25, 0.3) is 5.92 Å². The smallest absolute Gasteiger partial charge is 0.251 e. The van der Waals surface area contributed by atoms with E-state index in [9.17, 15) is 23.2 Å². The Bertz CT molecular complexity index is 1460. The summed E-state index contributed by atoms with van der Waals surface area (Å²) >= 11 is 0. The third kappa shape index (κ3) is 5.09. The van der Waals surface area contributed by atoms with Gasteiger partial charge in [-0.05, 0) is 55.9 Å². The summed E-state index contributed by atoms with van der Waals surface area (Å²) in [5, 5.41) is 4.98. The number of hydrogen-bond donors (Lipinski definition) is 0. The molecular weight excluding hydrogens is 520 g/mol. The van der Waals surface area contributed by atoms with Crippen LogP contribution in [-0.4, -0.2) is 60.1 Å². The van der Waals surface area contributed by atoms with Gasteiger partial charge in [-0.15, -0.1) is 0 Å². The van der Waals surface area contributed by atoms with E-state index in [2.05, 4.69) is 15.1 Å².